The average molecular weight is 535 g/mol. The molecule has 1 atom stereocenters. The van der Waals surface area contributed by atoms with Crippen LogP contribution < -0.4 is 22.1 Å². The molecule has 0 heterocycles. The van der Waals surface area contributed by atoms with Gasteiger partial charge in [0.15, 0.2) is 5.96 Å². The standard InChI is InChI=1S/C30H42N6O3/c1-33-25-16-14-24(15-17-25)21-35-29(39)26(13-8-18-34-30(31)32)36(27(37)19-22-9-4-2-5-10-22)28(38)20-23-11-6-3-7-12-23/h2-7,9-12,24-26,33H,8,13-21H2,1H3,(H,35,39)(H4,31,32,34). The molecule has 3 rings (SSSR count). The van der Waals surface area contributed by atoms with E-state index in [2.05, 4.69) is 15.6 Å². The second-order valence-electron chi connectivity index (χ2n) is 10.2. The van der Waals surface area contributed by atoms with Gasteiger partial charge in [-0.05, 0) is 62.6 Å². The van der Waals surface area contributed by atoms with E-state index in [9.17, 15) is 14.4 Å². The van der Waals surface area contributed by atoms with Gasteiger partial charge in [-0.15, -0.1) is 0 Å². The van der Waals surface area contributed by atoms with Gasteiger partial charge in [0.1, 0.15) is 6.04 Å². The van der Waals surface area contributed by atoms with Crippen molar-refractivity contribution in [1.82, 2.24) is 15.5 Å². The molecule has 1 unspecified atom stereocenters. The van der Waals surface area contributed by atoms with Crippen LogP contribution in [0.4, 0.5) is 0 Å². The van der Waals surface area contributed by atoms with Crippen molar-refractivity contribution in [2.75, 3.05) is 20.1 Å². The quantitative estimate of drug-likeness (QED) is 0.176. The summed E-state index contributed by atoms with van der Waals surface area (Å²) in [4.78, 5) is 46.1. The maximum Gasteiger partial charge on any atom is 0.243 e. The molecule has 0 spiro atoms. The molecule has 9 nitrogen and oxygen atoms in total. The Balaban J connectivity index is 1.81. The molecule has 1 saturated carbocycles. The molecule has 210 valence electrons. The summed E-state index contributed by atoms with van der Waals surface area (Å²) < 4.78 is 0. The highest BCUT2D eigenvalue weighted by molar-refractivity contribution is 6.01. The van der Waals surface area contributed by atoms with Gasteiger partial charge < -0.3 is 22.1 Å². The summed E-state index contributed by atoms with van der Waals surface area (Å²) in [5.74, 6) is -0.796. The maximum absolute atomic E-state index is 13.7. The number of nitrogens with one attached hydrogen (secondary N) is 2. The van der Waals surface area contributed by atoms with Crippen LogP contribution in [0.3, 0.4) is 0 Å². The minimum atomic E-state index is -0.958. The van der Waals surface area contributed by atoms with Gasteiger partial charge in [0.2, 0.25) is 17.7 Å². The lowest BCUT2D eigenvalue weighted by atomic mass is 9.86. The van der Waals surface area contributed by atoms with Gasteiger partial charge in [-0.1, -0.05) is 60.7 Å². The first kappa shape index (κ1) is 29.8. The number of nitrogens with zero attached hydrogens (tertiary/aromatic N) is 2. The molecule has 1 fully saturated rings. The first-order valence-electron chi connectivity index (χ1n) is 13.8. The Labute approximate surface area is 231 Å². The molecular formula is C30H42N6O3. The number of carbonyl (C=O) groups excluding carboxylic acids is 3. The van der Waals surface area contributed by atoms with E-state index in [4.69, 9.17) is 11.5 Å². The number of aliphatic imine (C=N–C) groups is 1. The topological polar surface area (TPSA) is 143 Å². The van der Waals surface area contributed by atoms with Gasteiger partial charge in [0.05, 0.1) is 12.8 Å². The van der Waals surface area contributed by atoms with E-state index in [1.165, 1.54) is 4.90 Å². The van der Waals surface area contributed by atoms with Gasteiger partial charge in [-0.3, -0.25) is 24.3 Å². The summed E-state index contributed by atoms with van der Waals surface area (Å²) in [6, 6.07) is 18.1. The average Bonchev–Trinajstić information content (AvgIpc) is 2.94. The summed E-state index contributed by atoms with van der Waals surface area (Å²) in [6.07, 6.45) is 4.91. The molecule has 2 aromatic carbocycles. The molecule has 0 radical (unpaired) electrons. The Morgan fingerprint density at radius 3 is 1.92 bits per heavy atom. The molecule has 2 aromatic rings. The SMILES string of the molecule is CNC1CCC(CNC(=O)C(CCCN=C(N)N)N(C(=O)Cc2ccccc2)C(=O)Cc2ccccc2)CC1. The van der Waals surface area contributed by atoms with Crippen LogP contribution in [0.25, 0.3) is 0 Å². The molecular weight excluding hydrogens is 492 g/mol. The molecule has 0 bridgehead atoms. The van der Waals surface area contributed by atoms with Crippen LogP contribution in [0.1, 0.15) is 49.7 Å². The van der Waals surface area contributed by atoms with Gasteiger partial charge >= 0.3 is 0 Å². The van der Waals surface area contributed by atoms with Crippen LogP contribution in [0.2, 0.25) is 0 Å². The Morgan fingerprint density at radius 2 is 1.44 bits per heavy atom. The number of rotatable bonds is 13. The van der Waals surface area contributed by atoms with Crippen LogP contribution in [-0.4, -0.2) is 60.8 Å². The number of amides is 3. The van der Waals surface area contributed by atoms with Crippen molar-refractivity contribution in [2.24, 2.45) is 22.4 Å². The second kappa shape index (κ2) is 15.6. The predicted molar refractivity (Wildman–Crippen MR) is 154 cm³/mol. The zero-order valence-corrected chi connectivity index (χ0v) is 22.9. The normalized spacial score (nSPS) is 17.6. The monoisotopic (exact) mass is 534 g/mol. The van der Waals surface area contributed by atoms with Crippen LogP contribution >= 0.6 is 0 Å². The number of hydrogen-bond donors (Lipinski definition) is 4. The summed E-state index contributed by atoms with van der Waals surface area (Å²) >= 11 is 0. The minimum Gasteiger partial charge on any atom is -0.370 e. The fourth-order valence-electron chi connectivity index (χ4n) is 5.09. The molecule has 3 amide bonds. The molecule has 0 saturated heterocycles. The fourth-order valence-corrected chi connectivity index (χ4v) is 5.09. The van der Waals surface area contributed by atoms with Crippen molar-refractivity contribution in [3.63, 3.8) is 0 Å². The number of hydrogen-bond acceptors (Lipinski definition) is 5. The van der Waals surface area contributed by atoms with Crippen molar-refractivity contribution in [3.8, 4) is 0 Å². The summed E-state index contributed by atoms with van der Waals surface area (Å²) in [6.45, 7) is 0.820. The molecule has 1 aliphatic carbocycles. The largest absolute Gasteiger partial charge is 0.370 e. The smallest absolute Gasteiger partial charge is 0.243 e. The molecule has 0 aliphatic heterocycles. The lowest BCUT2D eigenvalue weighted by molar-refractivity contribution is -0.151. The van der Waals surface area contributed by atoms with Crippen LogP contribution in [0.5, 0.6) is 0 Å². The predicted octanol–water partition coefficient (Wildman–Crippen LogP) is 2.14. The third kappa shape index (κ3) is 9.83. The molecule has 39 heavy (non-hydrogen) atoms. The summed E-state index contributed by atoms with van der Waals surface area (Å²) in [5.41, 5.74) is 12.5. The zero-order valence-electron chi connectivity index (χ0n) is 22.9. The van der Waals surface area contributed by atoms with E-state index in [0.717, 1.165) is 36.8 Å². The third-order valence-corrected chi connectivity index (χ3v) is 7.30. The van der Waals surface area contributed by atoms with Crippen molar-refractivity contribution < 1.29 is 14.4 Å². The van der Waals surface area contributed by atoms with Crippen molar-refractivity contribution in [3.05, 3.63) is 71.8 Å². The van der Waals surface area contributed by atoms with Crippen LogP contribution in [0.15, 0.2) is 65.7 Å². The Bertz CT molecular complexity index is 1030. The highest BCUT2D eigenvalue weighted by atomic mass is 16.2. The van der Waals surface area contributed by atoms with Crippen molar-refractivity contribution in [1.29, 1.82) is 0 Å². The van der Waals surface area contributed by atoms with Gasteiger partial charge in [0.25, 0.3) is 0 Å². The number of nitrogens with two attached hydrogens (primary N) is 2. The van der Waals surface area contributed by atoms with Gasteiger partial charge in [-0.2, -0.15) is 0 Å². The molecule has 0 aromatic heterocycles. The van der Waals surface area contributed by atoms with Crippen LogP contribution in [-0.2, 0) is 27.2 Å². The third-order valence-electron chi connectivity index (χ3n) is 7.30. The Morgan fingerprint density at radius 1 is 0.897 bits per heavy atom. The van der Waals surface area contributed by atoms with Crippen LogP contribution in [0, 0.1) is 5.92 Å². The van der Waals surface area contributed by atoms with E-state index in [1.807, 2.05) is 67.7 Å². The lowest BCUT2D eigenvalue weighted by Crippen LogP contribution is -2.54. The van der Waals surface area contributed by atoms with Gasteiger partial charge in [-0.25, -0.2) is 0 Å². The van der Waals surface area contributed by atoms with Crippen molar-refractivity contribution in [2.45, 2.75) is 63.5 Å². The minimum absolute atomic E-state index is 0.0209. The summed E-state index contributed by atoms with van der Waals surface area (Å²) in [5, 5.41) is 6.39. The number of guanidine groups is 1. The first-order valence-corrected chi connectivity index (χ1v) is 13.8. The van der Waals surface area contributed by atoms with E-state index in [1.54, 1.807) is 0 Å². The van der Waals surface area contributed by atoms with E-state index < -0.39 is 17.9 Å². The number of benzene rings is 2. The Kier molecular flexibility index (Phi) is 12.0. The lowest BCUT2D eigenvalue weighted by Gasteiger charge is -2.32. The second-order valence-corrected chi connectivity index (χ2v) is 10.2. The number of imide groups is 1. The van der Waals surface area contributed by atoms with Gasteiger partial charge in [0, 0.05) is 19.1 Å². The molecule has 6 N–H and O–H groups in total. The van der Waals surface area contributed by atoms with E-state index in [0.29, 0.717) is 31.5 Å². The highest BCUT2D eigenvalue weighted by Gasteiger charge is 2.34. The van der Waals surface area contributed by atoms with E-state index >= 15 is 0 Å². The fraction of sp³-hybridized carbons (Fsp3) is 0.467. The van der Waals surface area contributed by atoms with E-state index in [-0.39, 0.29) is 31.1 Å². The summed E-state index contributed by atoms with van der Waals surface area (Å²) in [7, 11) is 1.98. The maximum atomic E-state index is 13.7. The molecule has 9 heteroatoms. The van der Waals surface area contributed by atoms with Crippen molar-refractivity contribution >= 4 is 23.7 Å². The number of carbonyl (C=O) groups is 3. The zero-order chi connectivity index (χ0) is 28.0. The molecule has 1 aliphatic rings. The Hall–Kier alpha value is -3.72. The first-order chi connectivity index (χ1) is 18.9. The highest BCUT2D eigenvalue weighted by Crippen LogP contribution is 2.24.